The van der Waals surface area contributed by atoms with Gasteiger partial charge in [0.15, 0.2) is 0 Å². The van der Waals surface area contributed by atoms with Crippen LogP contribution in [0.2, 0.25) is 0 Å². The maximum Gasteiger partial charge on any atom is 0.205 e. The topological polar surface area (TPSA) is 37.8 Å². The van der Waals surface area contributed by atoms with Crippen LogP contribution >= 0.6 is 11.3 Å². The summed E-state index contributed by atoms with van der Waals surface area (Å²) in [5.41, 5.74) is 1.81. The summed E-state index contributed by atoms with van der Waals surface area (Å²) in [5.74, 6) is -0.224. The third-order valence-corrected chi connectivity index (χ3v) is 3.09. The number of benzene rings is 1. The maximum absolute atomic E-state index is 12.9. The summed E-state index contributed by atoms with van der Waals surface area (Å²) in [6, 6.07) is 4.68. The van der Waals surface area contributed by atoms with Crippen molar-refractivity contribution in [3.8, 4) is 10.6 Å². The van der Waals surface area contributed by atoms with Crippen LogP contribution in [0.5, 0.6) is 0 Å². The first-order chi connectivity index (χ1) is 7.70. The van der Waals surface area contributed by atoms with Gasteiger partial charge >= 0.3 is 0 Å². The molecule has 0 saturated carbocycles. The molecule has 0 aliphatic heterocycles. The molecule has 1 aromatic carbocycles. The van der Waals surface area contributed by atoms with Gasteiger partial charge in [0, 0.05) is 12.1 Å². The summed E-state index contributed by atoms with van der Waals surface area (Å²) in [6.45, 7) is 4.69. The Morgan fingerprint density at radius 2 is 2.19 bits per heavy atom. The Morgan fingerprint density at radius 3 is 2.88 bits per heavy atom. The highest BCUT2D eigenvalue weighted by molar-refractivity contribution is 7.18. The molecule has 0 spiro atoms. The SMILES string of the molecule is CCNc1nnc(-c2ccc(F)cc2C)s1. The Kier molecular flexibility index (Phi) is 3.14. The summed E-state index contributed by atoms with van der Waals surface area (Å²) in [6.07, 6.45) is 0. The van der Waals surface area contributed by atoms with Gasteiger partial charge in [-0.05, 0) is 37.6 Å². The second-order valence-corrected chi connectivity index (χ2v) is 4.38. The molecular formula is C11H12FN3S. The monoisotopic (exact) mass is 237 g/mol. The molecule has 0 fully saturated rings. The van der Waals surface area contributed by atoms with E-state index in [0.717, 1.165) is 27.8 Å². The van der Waals surface area contributed by atoms with Crippen molar-refractivity contribution >= 4 is 16.5 Å². The number of aromatic nitrogens is 2. The second kappa shape index (κ2) is 4.57. The van der Waals surface area contributed by atoms with Crippen molar-refractivity contribution in [2.24, 2.45) is 0 Å². The van der Waals surface area contributed by atoms with E-state index in [-0.39, 0.29) is 5.82 Å². The molecule has 0 aliphatic carbocycles. The van der Waals surface area contributed by atoms with Crippen molar-refractivity contribution in [2.45, 2.75) is 13.8 Å². The van der Waals surface area contributed by atoms with Crippen LogP contribution in [0.1, 0.15) is 12.5 Å². The minimum Gasteiger partial charge on any atom is -0.360 e. The number of rotatable bonds is 3. The van der Waals surface area contributed by atoms with E-state index in [4.69, 9.17) is 0 Å². The smallest absolute Gasteiger partial charge is 0.205 e. The van der Waals surface area contributed by atoms with Gasteiger partial charge in [-0.25, -0.2) is 4.39 Å². The number of nitrogens with zero attached hydrogens (tertiary/aromatic N) is 2. The van der Waals surface area contributed by atoms with Gasteiger partial charge in [0.1, 0.15) is 10.8 Å². The van der Waals surface area contributed by atoms with Gasteiger partial charge in [-0.15, -0.1) is 10.2 Å². The van der Waals surface area contributed by atoms with Crippen LogP contribution in [0.3, 0.4) is 0 Å². The molecule has 16 heavy (non-hydrogen) atoms. The molecule has 0 bridgehead atoms. The van der Waals surface area contributed by atoms with Gasteiger partial charge in [0.25, 0.3) is 0 Å². The lowest BCUT2D eigenvalue weighted by Gasteiger charge is -2.00. The fraction of sp³-hybridized carbons (Fsp3) is 0.273. The van der Waals surface area contributed by atoms with Crippen molar-refractivity contribution in [2.75, 3.05) is 11.9 Å². The number of hydrogen-bond acceptors (Lipinski definition) is 4. The summed E-state index contributed by atoms with van der Waals surface area (Å²) >= 11 is 1.47. The van der Waals surface area contributed by atoms with Crippen LogP contribution in [0.25, 0.3) is 10.6 Å². The van der Waals surface area contributed by atoms with Gasteiger partial charge in [-0.3, -0.25) is 0 Å². The number of anilines is 1. The third kappa shape index (κ3) is 2.19. The van der Waals surface area contributed by atoms with Crippen LogP contribution in [-0.4, -0.2) is 16.7 Å². The normalized spacial score (nSPS) is 10.4. The summed E-state index contributed by atoms with van der Waals surface area (Å²) in [7, 11) is 0. The first kappa shape index (κ1) is 11.0. The Balaban J connectivity index is 2.35. The van der Waals surface area contributed by atoms with E-state index >= 15 is 0 Å². The fourth-order valence-corrected chi connectivity index (χ4v) is 2.32. The molecular weight excluding hydrogens is 225 g/mol. The molecule has 1 N–H and O–H groups in total. The third-order valence-electron chi connectivity index (χ3n) is 2.17. The van der Waals surface area contributed by atoms with Crippen molar-refractivity contribution in [1.82, 2.24) is 10.2 Å². The van der Waals surface area contributed by atoms with E-state index < -0.39 is 0 Å². The van der Waals surface area contributed by atoms with Crippen molar-refractivity contribution < 1.29 is 4.39 Å². The Morgan fingerprint density at radius 1 is 1.38 bits per heavy atom. The molecule has 0 amide bonds. The van der Waals surface area contributed by atoms with Crippen LogP contribution in [0.4, 0.5) is 9.52 Å². The lowest BCUT2D eigenvalue weighted by molar-refractivity contribution is 0.627. The lowest BCUT2D eigenvalue weighted by Crippen LogP contribution is -1.94. The standard InChI is InChI=1S/C11H12FN3S/c1-3-13-11-15-14-10(16-11)9-5-4-8(12)6-7(9)2/h4-6H,3H2,1-2H3,(H,13,15). The molecule has 0 saturated heterocycles. The van der Waals surface area contributed by atoms with Crippen LogP contribution in [0, 0.1) is 12.7 Å². The average molecular weight is 237 g/mol. The number of nitrogens with one attached hydrogen (secondary N) is 1. The van der Waals surface area contributed by atoms with E-state index in [9.17, 15) is 4.39 Å². The van der Waals surface area contributed by atoms with Crippen LogP contribution in [-0.2, 0) is 0 Å². The first-order valence-electron chi connectivity index (χ1n) is 5.04. The van der Waals surface area contributed by atoms with Gasteiger partial charge in [-0.2, -0.15) is 0 Å². The Labute approximate surface area is 97.3 Å². The molecule has 0 aliphatic rings. The summed E-state index contributed by atoms with van der Waals surface area (Å²) in [5, 5.41) is 12.8. The lowest BCUT2D eigenvalue weighted by atomic mass is 10.1. The van der Waals surface area contributed by atoms with Gasteiger partial charge < -0.3 is 5.32 Å². The zero-order valence-corrected chi connectivity index (χ0v) is 9.94. The average Bonchev–Trinajstić information content (AvgIpc) is 2.67. The molecule has 2 rings (SSSR count). The highest BCUT2D eigenvalue weighted by atomic mass is 32.1. The van der Waals surface area contributed by atoms with Crippen LogP contribution < -0.4 is 5.32 Å². The first-order valence-corrected chi connectivity index (χ1v) is 5.86. The minimum absolute atomic E-state index is 0.224. The van der Waals surface area contributed by atoms with Gasteiger partial charge in [-0.1, -0.05) is 11.3 Å². The molecule has 1 heterocycles. The van der Waals surface area contributed by atoms with Gasteiger partial charge in [0.05, 0.1) is 0 Å². The van der Waals surface area contributed by atoms with E-state index in [1.54, 1.807) is 6.07 Å². The molecule has 0 unspecified atom stereocenters. The predicted molar refractivity (Wildman–Crippen MR) is 64.2 cm³/mol. The number of hydrogen-bond donors (Lipinski definition) is 1. The number of aryl methyl sites for hydroxylation is 1. The number of halogens is 1. The zero-order chi connectivity index (χ0) is 11.5. The van der Waals surface area contributed by atoms with E-state index in [2.05, 4.69) is 15.5 Å². The summed E-state index contributed by atoms with van der Waals surface area (Å²) < 4.78 is 12.9. The van der Waals surface area contributed by atoms with Crippen molar-refractivity contribution in [1.29, 1.82) is 0 Å². The Hall–Kier alpha value is -1.49. The van der Waals surface area contributed by atoms with E-state index in [1.807, 2.05) is 13.8 Å². The maximum atomic E-state index is 12.9. The predicted octanol–water partition coefficient (Wildman–Crippen LogP) is 3.08. The molecule has 84 valence electrons. The molecule has 0 atom stereocenters. The summed E-state index contributed by atoms with van der Waals surface area (Å²) in [4.78, 5) is 0. The molecule has 3 nitrogen and oxygen atoms in total. The minimum atomic E-state index is -0.224. The van der Waals surface area contributed by atoms with E-state index in [0.29, 0.717) is 0 Å². The zero-order valence-electron chi connectivity index (χ0n) is 9.12. The largest absolute Gasteiger partial charge is 0.360 e. The second-order valence-electron chi connectivity index (χ2n) is 3.40. The van der Waals surface area contributed by atoms with Gasteiger partial charge in [0.2, 0.25) is 5.13 Å². The quantitative estimate of drug-likeness (QED) is 0.891. The van der Waals surface area contributed by atoms with E-state index in [1.165, 1.54) is 23.5 Å². The molecule has 5 heteroatoms. The molecule has 2 aromatic rings. The van der Waals surface area contributed by atoms with Crippen molar-refractivity contribution in [3.05, 3.63) is 29.6 Å². The highest BCUT2D eigenvalue weighted by Gasteiger charge is 2.08. The van der Waals surface area contributed by atoms with Crippen LogP contribution in [0.15, 0.2) is 18.2 Å². The molecule has 0 radical (unpaired) electrons. The van der Waals surface area contributed by atoms with Crippen molar-refractivity contribution in [3.63, 3.8) is 0 Å². The fourth-order valence-electron chi connectivity index (χ4n) is 1.42. The highest BCUT2D eigenvalue weighted by Crippen LogP contribution is 2.28. The molecule has 1 aromatic heterocycles. The Bertz CT molecular complexity index is 496.